The van der Waals surface area contributed by atoms with Gasteiger partial charge in [0.15, 0.2) is 0 Å². The molecule has 3 N–H and O–H groups in total. The van der Waals surface area contributed by atoms with Crippen molar-refractivity contribution in [2.24, 2.45) is 5.84 Å². The van der Waals surface area contributed by atoms with Crippen molar-refractivity contribution in [2.75, 3.05) is 0 Å². The van der Waals surface area contributed by atoms with E-state index >= 15 is 0 Å². The van der Waals surface area contributed by atoms with Crippen LogP contribution in [0.2, 0.25) is 5.02 Å². The number of nitrogens with one attached hydrogen (secondary N) is 1. The van der Waals surface area contributed by atoms with Gasteiger partial charge in [-0.3, -0.25) is 11.3 Å². The van der Waals surface area contributed by atoms with Crippen LogP contribution in [0.15, 0.2) is 53.0 Å². The van der Waals surface area contributed by atoms with Crippen LogP contribution in [0.25, 0.3) is 0 Å². The zero-order valence-electron chi connectivity index (χ0n) is 11.2. The minimum atomic E-state index is 0.129. The molecule has 20 heavy (non-hydrogen) atoms. The molecule has 0 spiro atoms. The Hall–Kier alpha value is -0.870. The fraction of sp³-hybridized carbons (Fsp3) is 0.250. The molecule has 0 heterocycles. The summed E-state index contributed by atoms with van der Waals surface area (Å²) in [6.07, 6.45) is 3.11. The first-order chi connectivity index (χ1) is 9.70. The predicted molar refractivity (Wildman–Crippen MR) is 88.6 cm³/mol. The van der Waals surface area contributed by atoms with E-state index in [1.807, 2.05) is 24.3 Å². The molecule has 2 nitrogen and oxygen atoms in total. The van der Waals surface area contributed by atoms with Gasteiger partial charge in [-0.2, -0.15) is 0 Å². The molecule has 0 amide bonds. The van der Waals surface area contributed by atoms with Gasteiger partial charge in [-0.1, -0.05) is 48.0 Å². The second-order valence-corrected chi connectivity index (χ2v) is 6.03. The topological polar surface area (TPSA) is 38.0 Å². The number of nitrogens with two attached hydrogens (primary N) is 1. The Kier molecular flexibility index (Phi) is 6.05. The molecule has 106 valence electrons. The monoisotopic (exact) mass is 352 g/mol. The number of hydrogen-bond acceptors (Lipinski definition) is 2. The Morgan fingerprint density at radius 2 is 1.90 bits per heavy atom. The summed E-state index contributed by atoms with van der Waals surface area (Å²) in [7, 11) is 0. The van der Waals surface area contributed by atoms with Gasteiger partial charge >= 0.3 is 0 Å². The van der Waals surface area contributed by atoms with E-state index in [2.05, 4.69) is 45.6 Å². The number of benzene rings is 2. The first-order valence-corrected chi connectivity index (χ1v) is 7.83. The van der Waals surface area contributed by atoms with Gasteiger partial charge in [-0.05, 0) is 58.5 Å². The highest BCUT2D eigenvalue weighted by Gasteiger charge is 2.11. The smallest absolute Gasteiger partial charge is 0.0551 e. The van der Waals surface area contributed by atoms with Crippen LogP contribution in [0.1, 0.15) is 30.0 Å². The third-order valence-electron chi connectivity index (χ3n) is 3.35. The normalized spacial score (nSPS) is 12.3. The highest BCUT2D eigenvalue weighted by atomic mass is 79.9. The molecule has 0 saturated heterocycles. The maximum atomic E-state index is 6.13. The lowest BCUT2D eigenvalue weighted by atomic mass is 9.99. The Bertz CT molecular complexity index is 545. The van der Waals surface area contributed by atoms with Crippen LogP contribution in [0.3, 0.4) is 0 Å². The molecule has 0 bridgehead atoms. The zero-order chi connectivity index (χ0) is 14.4. The van der Waals surface area contributed by atoms with Crippen LogP contribution >= 0.6 is 27.5 Å². The second kappa shape index (κ2) is 7.79. The number of hydrazine groups is 1. The zero-order valence-corrected chi connectivity index (χ0v) is 13.5. The fourth-order valence-corrected chi connectivity index (χ4v) is 2.67. The minimum absolute atomic E-state index is 0.129. The molecule has 0 fully saturated rings. The molecule has 0 aromatic heterocycles. The second-order valence-electron chi connectivity index (χ2n) is 4.77. The molecule has 4 heteroatoms. The van der Waals surface area contributed by atoms with Crippen molar-refractivity contribution < 1.29 is 0 Å². The van der Waals surface area contributed by atoms with E-state index in [4.69, 9.17) is 17.4 Å². The van der Waals surface area contributed by atoms with E-state index in [9.17, 15) is 0 Å². The van der Waals surface area contributed by atoms with E-state index < -0.39 is 0 Å². The van der Waals surface area contributed by atoms with Crippen molar-refractivity contribution in [3.8, 4) is 0 Å². The molecule has 0 aliphatic carbocycles. The maximum Gasteiger partial charge on any atom is 0.0551 e. The van der Waals surface area contributed by atoms with Gasteiger partial charge in [-0.25, -0.2) is 0 Å². The number of hydrogen-bond donors (Lipinski definition) is 2. The lowest BCUT2D eigenvalue weighted by Gasteiger charge is -2.17. The Balaban J connectivity index is 1.93. The summed E-state index contributed by atoms with van der Waals surface area (Å²) >= 11 is 9.53. The quantitative estimate of drug-likeness (QED) is 0.587. The van der Waals surface area contributed by atoms with Crippen molar-refractivity contribution in [3.05, 3.63) is 69.2 Å². The van der Waals surface area contributed by atoms with Crippen molar-refractivity contribution in [2.45, 2.75) is 25.3 Å². The summed E-state index contributed by atoms with van der Waals surface area (Å²) < 4.78 is 0.906. The molecule has 0 radical (unpaired) electrons. The first kappa shape index (κ1) is 15.5. The van der Waals surface area contributed by atoms with Gasteiger partial charge in [-0.15, -0.1) is 0 Å². The Morgan fingerprint density at radius 3 is 2.55 bits per heavy atom. The molecule has 1 unspecified atom stereocenters. The van der Waals surface area contributed by atoms with E-state index in [1.165, 1.54) is 5.56 Å². The largest absolute Gasteiger partial charge is 0.271 e. The highest BCUT2D eigenvalue weighted by Crippen LogP contribution is 2.27. The van der Waals surface area contributed by atoms with Gasteiger partial charge in [0.1, 0.15) is 0 Å². The van der Waals surface area contributed by atoms with Crippen LogP contribution in [0, 0.1) is 0 Å². The highest BCUT2D eigenvalue weighted by molar-refractivity contribution is 9.10. The summed E-state index contributed by atoms with van der Waals surface area (Å²) in [5.41, 5.74) is 5.36. The SMILES string of the molecule is NNC(CCCc1ccccc1)c1ccc(Br)c(Cl)c1. The average Bonchev–Trinajstić information content (AvgIpc) is 2.48. The van der Waals surface area contributed by atoms with Gasteiger partial charge in [0, 0.05) is 10.5 Å². The molecule has 2 aromatic carbocycles. The number of halogens is 2. The maximum absolute atomic E-state index is 6.13. The molecule has 0 aliphatic heterocycles. The molecule has 1 atom stereocenters. The molecule has 0 aliphatic rings. The number of rotatable bonds is 6. The van der Waals surface area contributed by atoms with Crippen LogP contribution < -0.4 is 11.3 Å². The van der Waals surface area contributed by atoms with Crippen molar-refractivity contribution in [3.63, 3.8) is 0 Å². The molecule has 2 aromatic rings. The fourth-order valence-electron chi connectivity index (χ4n) is 2.23. The summed E-state index contributed by atoms with van der Waals surface area (Å²) in [5.74, 6) is 5.67. The van der Waals surface area contributed by atoms with Crippen LogP contribution in [-0.2, 0) is 6.42 Å². The van der Waals surface area contributed by atoms with Gasteiger partial charge in [0.05, 0.1) is 5.02 Å². The van der Waals surface area contributed by atoms with Crippen molar-refractivity contribution in [1.29, 1.82) is 0 Å². The lowest BCUT2D eigenvalue weighted by molar-refractivity contribution is 0.498. The Labute approximate surface area is 133 Å². The van der Waals surface area contributed by atoms with Gasteiger partial charge < -0.3 is 0 Å². The predicted octanol–water partition coefficient (Wildman–Crippen LogP) is 4.63. The third kappa shape index (κ3) is 4.32. The summed E-state index contributed by atoms with van der Waals surface area (Å²) in [5, 5.41) is 0.714. The van der Waals surface area contributed by atoms with Crippen LogP contribution in [0.4, 0.5) is 0 Å². The lowest BCUT2D eigenvalue weighted by Crippen LogP contribution is -2.28. The van der Waals surface area contributed by atoms with Crippen molar-refractivity contribution in [1.82, 2.24) is 5.43 Å². The first-order valence-electron chi connectivity index (χ1n) is 6.65. The van der Waals surface area contributed by atoms with Gasteiger partial charge in [0.2, 0.25) is 0 Å². The van der Waals surface area contributed by atoms with Crippen molar-refractivity contribution >= 4 is 27.5 Å². The Morgan fingerprint density at radius 1 is 1.15 bits per heavy atom. The van der Waals surface area contributed by atoms with Crippen LogP contribution in [0.5, 0.6) is 0 Å². The summed E-state index contributed by atoms with van der Waals surface area (Å²) in [4.78, 5) is 0. The number of aryl methyl sites for hydroxylation is 1. The van der Waals surface area contributed by atoms with E-state index in [-0.39, 0.29) is 6.04 Å². The molecular formula is C16H18BrClN2. The average molecular weight is 354 g/mol. The standard InChI is InChI=1S/C16H18BrClN2/c17-14-10-9-13(11-15(14)18)16(20-19)8-4-7-12-5-2-1-3-6-12/h1-3,5-6,9-11,16,20H,4,7-8,19H2. The van der Waals surface area contributed by atoms with E-state index in [0.29, 0.717) is 5.02 Å². The van der Waals surface area contributed by atoms with E-state index in [1.54, 1.807) is 0 Å². The third-order valence-corrected chi connectivity index (χ3v) is 4.58. The summed E-state index contributed by atoms with van der Waals surface area (Å²) in [6, 6.07) is 16.6. The molecule has 0 saturated carbocycles. The molecule has 2 rings (SSSR count). The van der Waals surface area contributed by atoms with Crippen LogP contribution in [-0.4, -0.2) is 0 Å². The summed E-state index contributed by atoms with van der Waals surface area (Å²) in [6.45, 7) is 0. The van der Waals surface area contributed by atoms with Gasteiger partial charge in [0.25, 0.3) is 0 Å². The minimum Gasteiger partial charge on any atom is -0.271 e. The molecular weight excluding hydrogens is 336 g/mol. The van der Waals surface area contributed by atoms with E-state index in [0.717, 1.165) is 29.3 Å².